The van der Waals surface area contributed by atoms with Gasteiger partial charge in [0.05, 0.1) is 10.6 Å². The Balaban J connectivity index is 1.65. The molecule has 0 spiro atoms. The molecule has 0 radical (unpaired) electrons. The molecular weight excluding hydrogens is 398 g/mol. The van der Waals surface area contributed by atoms with Gasteiger partial charge in [0.15, 0.2) is 0 Å². The fourth-order valence-corrected chi connectivity index (χ4v) is 3.26. The molecule has 29 heavy (non-hydrogen) atoms. The molecule has 0 bridgehead atoms. The van der Waals surface area contributed by atoms with Crippen molar-refractivity contribution in [1.82, 2.24) is 35.4 Å². The molecule has 0 aliphatic heterocycles. The standard InChI is InChI=1S/C17H17N7O4S/c1-23(2)29(27,28)15-5-3-4-13(10-15)17(26)20-19-16(25)12-6-8-14(9-7-12)24-11-18-21-22-24/h3-11H,1-2H3,(H,19,25)(H,20,26). The predicted octanol–water partition coefficient (Wildman–Crippen LogP) is -0.0126. The summed E-state index contributed by atoms with van der Waals surface area (Å²) in [5.74, 6) is -1.20. The summed E-state index contributed by atoms with van der Waals surface area (Å²) in [6, 6.07) is 11.9. The first-order valence-electron chi connectivity index (χ1n) is 8.26. The number of sulfonamides is 1. The average molecular weight is 415 g/mol. The molecule has 0 saturated carbocycles. The molecule has 1 aromatic heterocycles. The maximum Gasteiger partial charge on any atom is 0.269 e. The molecule has 150 valence electrons. The second-order valence-corrected chi connectivity index (χ2v) is 8.18. The highest BCUT2D eigenvalue weighted by atomic mass is 32.2. The molecule has 0 fully saturated rings. The van der Waals surface area contributed by atoms with Gasteiger partial charge in [-0.2, -0.15) is 0 Å². The normalized spacial score (nSPS) is 11.3. The summed E-state index contributed by atoms with van der Waals surface area (Å²) < 4.78 is 26.8. The van der Waals surface area contributed by atoms with Gasteiger partial charge in [-0.3, -0.25) is 20.4 Å². The minimum atomic E-state index is -3.68. The first-order chi connectivity index (χ1) is 13.8. The summed E-state index contributed by atoms with van der Waals surface area (Å²) in [6.45, 7) is 0. The molecule has 2 N–H and O–H groups in total. The van der Waals surface area contributed by atoms with Crippen molar-refractivity contribution in [3.8, 4) is 5.69 Å². The van der Waals surface area contributed by atoms with Crippen LogP contribution in [0, 0.1) is 0 Å². The Morgan fingerprint density at radius 2 is 1.62 bits per heavy atom. The SMILES string of the molecule is CN(C)S(=O)(=O)c1cccc(C(=O)NNC(=O)c2ccc(-n3cnnn3)cc2)c1. The van der Waals surface area contributed by atoms with E-state index in [4.69, 9.17) is 0 Å². The number of aromatic nitrogens is 4. The predicted molar refractivity (Wildman–Crippen MR) is 101 cm³/mol. The van der Waals surface area contributed by atoms with Crippen molar-refractivity contribution < 1.29 is 18.0 Å². The van der Waals surface area contributed by atoms with Gasteiger partial charge in [-0.1, -0.05) is 6.07 Å². The van der Waals surface area contributed by atoms with Gasteiger partial charge in [-0.25, -0.2) is 17.4 Å². The second-order valence-electron chi connectivity index (χ2n) is 6.02. The quantitative estimate of drug-likeness (QED) is 0.559. The van der Waals surface area contributed by atoms with Gasteiger partial charge in [0, 0.05) is 25.2 Å². The van der Waals surface area contributed by atoms with Gasteiger partial charge in [0.25, 0.3) is 11.8 Å². The topological polar surface area (TPSA) is 139 Å². The van der Waals surface area contributed by atoms with Crippen LogP contribution >= 0.6 is 0 Å². The van der Waals surface area contributed by atoms with Crippen LogP contribution in [0.25, 0.3) is 5.69 Å². The third-order valence-electron chi connectivity index (χ3n) is 3.91. The van der Waals surface area contributed by atoms with E-state index in [0.29, 0.717) is 11.3 Å². The lowest BCUT2D eigenvalue weighted by atomic mass is 10.2. The van der Waals surface area contributed by atoms with Gasteiger partial charge in [0.1, 0.15) is 6.33 Å². The van der Waals surface area contributed by atoms with Gasteiger partial charge in [0.2, 0.25) is 10.0 Å². The Bertz CT molecular complexity index is 1130. The van der Waals surface area contributed by atoms with Crippen molar-refractivity contribution in [1.29, 1.82) is 0 Å². The largest absolute Gasteiger partial charge is 0.269 e. The fourth-order valence-electron chi connectivity index (χ4n) is 2.31. The number of tetrazole rings is 1. The van der Waals surface area contributed by atoms with Gasteiger partial charge in [-0.15, -0.1) is 5.10 Å². The van der Waals surface area contributed by atoms with Crippen molar-refractivity contribution >= 4 is 21.8 Å². The third kappa shape index (κ3) is 4.44. The van der Waals surface area contributed by atoms with Crippen LogP contribution in [-0.2, 0) is 10.0 Å². The molecule has 0 unspecified atom stereocenters. The minimum absolute atomic E-state index is 0.0281. The highest BCUT2D eigenvalue weighted by Gasteiger charge is 2.19. The lowest BCUT2D eigenvalue weighted by Crippen LogP contribution is -2.41. The van der Waals surface area contributed by atoms with Crippen LogP contribution in [0.2, 0.25) is 0 Å². The van der Waals surface area contributed by atoms with Crippen molar-refractivity contribution in [3.05, 3.63) is 66.0 Å². The number of nitrogens with one attached hydrogen (secondary N) is 2. The Labute approximate surface area is 166 Å². The molecule has 0 atom stereocenters. The van der Waals surface area contributed by atoms with Gasteiger partial charge in [-0.05, 0) is 52.9 Å². The number of hydrogen-bond donors (Lipinski definition) is 2. The summed E-state index contributed by atoms with van der Waals surface area (Å²) in [5, 5.41) is 10.8. The molecule has 0 aliphatic rings. The van der Waals surface area contributed by atoms with Gasteiger partial charge >= 0.3 is 0 Å². The van der Waals surface area contributed by atoms with Crippen molar-refractivity contribution in [2.75, 3.05) is 14.1 Å². The van der Waals surface area contributed by atoms with E-state index in [9.17, 15) is 18.0 Å². The molecule has 1 heterocycles. The van der Waals surface area contributed by atoms with E-state index in [-0.39, 0.29) is 10.5 Å². The molecule has 0 aliphatic carbocycles. The summed E-state index contributed by atoms with van der Waals surface area (Å²) in [4.78, 5) is 24.5. The zero-order chi connectivity index (χ0) is 21.0. The lowest BCUT2D eigenvalue weighted by molar-refractivity contribution is 0.0846. The lowest BCUT2D eigenvalue weighted by Gasteiger charge is -2.12. The Kier molecular flexibility index (Phi) is 5.66. The van der Waals surface area contributed by atoms with E-state index in [1.54, 1.807) is 24.3 Å². The van der Waals surface area contributed by atoms with Crippen LogP contribution < -0.4 is 10.9 Å². The van der Waals surface area contributed by atoms with Crippen molar-refractivity contribution in [2.45, 2.75) is 4.90 Å². The van der Waals surface area contributed by atoms with E-state index in [1.165, 1.54) is 49.4 Å². The van der Waals surface area contributed by atoms with Gasteiger partial charge < -0.3 is 0 Å². The monoisotopic (exact) mass is 415 g/mol. The molecular formula is C17H17N7O4S. The highest BCUT2D eigenvalue weighted by molar-refractivity contribution is 7.89. The molecule has 12 heteroatoms. The molecule has 2 amide bonds. The van der Waals surface area contributed by atoms with E-state index in [0.717, 1.165) is 4.31 Å². The second kappa shape index (κ2) is 8.16. The van der Waals surface area contributed by atoms with Crippen LogP contribution in [0.5, 0.6) is 0 Å². The molecule has 0 saturated heterocycles. The first-order valence-corrected chi connectivity index (χ1v) is 9.70. The number of rotatable bonds is 5. The number of hydrazine groups is 1. The van der Waals surface area contributed by atoms with Crippen LogP contribution in [-0.4, -0.2) is 58.8 Å². The Morgan fingerprint density at radius 3 is 2.21 bits per heavy atom. The summed E-state index contributed by atoms with van der Waals surface area (Å²) in [7, 11) is -0.888. The fraction of sp³-hybridized carbons (Fsp3) is 0.118. The van der Waals surface area contributed by atoms with E-state index < -0.39 is 21.8 Å². The zero-order valence-corrected chi connectivity index (χ0v) is 16.3. The molecule has 11 nitrogen and oxygen atoms in total. The van der Waals surface area contributed by atoms with Crippen LogP contribution in [0.3, 0.4) is 0 Å². The number of benzene rings is 2. The Morgan fingerprint density at radius 1 is 0.966 bits per heavy atom. The van der Waals surface area contributed by atoms with Crippen molar-refractivity contribution in [3.63, 3.8) is 0 Å². The molecule has 3 rings (SSSR count). The summed E-state index contributed by atoms with van der Waals surface area (Å²) in [6.07, 6.45) is 1.42. The number of nitrogens with zero attached hydrogens (tertiary/aromatic N) is 5. The van der Waals surface area contributed by atoms with E-state index in [2.05, 4.69) is 26.4 Å². The number of carbonyl (C=O) groups is 2. The van der Waals surface area contributed by atoms with Crippen molar-refractivity contribution in [2.24, 2.45) is 0 Å². The first kappa shape index (κ1) is 20.1. The minimum Gasteiger partial charge on any atom is -0.267 e. The highest BCUT2D eigenvalue weighted by Crippen LogP contribution is 2.14. The maximum atomic E-state index is 12.3. The summed E-state index contributed by atoms with van der Waals surface area (Å²) in [5.41, 5.74) is 5.59. The molecule has 2 aromatic carbocycles. The van der Waals surface area contributed by atoms with E-state index in [1.807, 2.05) is 0 Å². The van der Waals surface area contributed by atoms with Crippen LogP contribution in [0.1, 0.15) is 20.7 Å². The average Bonchev–Trinajstić information content (AvgIpc) is 3.26. The third-order valence-corrected chi connectivity index (χ3v) is 5.72. The van der Waals surface area contributed by atoms with E-state index >= 15 is 0 Å². The van der Waals surface area contributed by atoms with Crippen LogP contribution in [0.4, 0.5) is 0 Å². The summed E-state index contributed by atoms with van der Waals surface area (Å²) >= 11 is 0. The number of carbonyl (C=O) groups excluding carboxylic acids is 2. The number of amides is 2. The smallest absolute Gasteiger partial charge is 0.267 e. The van der Waals surface area contributed by atoms with Crippen LogP contribution in [0.15, 0.2) is 59.8 Å². The Hall–Kier alpha value is -3.64. The maximum absolute atomic E-state index is 12.3. The number of hydrogen-bond acceptors (Lipinski definition) is 7. The zero-order valence-electron chi connectivity index (χ0n) is 15.5. The molecule has 3 aromatic rings.